The average molecular weight is 570 g/mol. The molecule has 4 rings (SSSR count). The van der Waals surface area contributed by atoms with Gasteiger partial charge in [-0.15, -0.1) is 5.10 Å². The van der Waals surface area contributed by atoms with Gasteiger partial charge in [-0.3, -0.25) is 4.21 Å². The Balaban J connectivity index is 1.93. The second-order valence-corrected chi connectivity index (χ2v) is 12.0. The van der Waals surface area contributed by atoms with Crippen LogP contribution in [0.4, 0.5) is 22.0 Å². The minimum atomic E-state index is -4.71. The molecule has 0 unspecified atom stereocenters. The molecule has 4 aromatic rings. The second-order valence-electron chi connectivity index (χ2n) is 8.71. The lowest BCUT2D eigenvalue weighted by Gasteiger charge is -2.20. The minimum absolute atomic E-state index is 0.0157. The van der Waals surface area contributed by atoms with Crippen LogP contribution in [-0.4, -0.2) is 46.6 Å². The van der Waals surface area contributed by atoms with Crippen LogP contribution in [0.2, 0.25) is 5.02 Å². The first-order valence-electron chi connectivity index (χ1n) is 11.0. The number of aromatic nitrogens is 5. The minimum Gasteiger partial charge on any atom is -0.301 e. The summed E-state index contributed by atoms with van der Waals surface area (Å²) in [7, 11) is -2.19. The molecule has 13 heteroatoms. The van der Waals surface area contributed by atoms with Gasteiger partial charge in [-0.2, -0.15) is 22.0 Å². The standard InChI is InChI=1S/C25H21ClF5N5OS/c1-16-33-22(25(29,30)31)15-35(16)20-11-6-17(5-4-12-38(2,3)37)13-21(20)36-23(14-32-34-36)24(27,28)18-7-9-19(26)10-8-18/h4-15H,1-3H3/b5-4+. The van der Waals surface area contributed by atoms with Crippen molar-refractivity contribution >= 4 is 32.6 Å². The van der Waals surface area contributed by atoms with E-state index in [2.05, 4.69) is 15.3 Å². The Morgan fingerprint density at radius 2 is 1.68 bits per heavy atom. The molecule has 0 saturated carbocycles. The number of rotatable bonds is 6. The number of nitrogens with zero attached hydrogens (tertiary/aromatic N) is 5. The first kappa shape index (κ1) is 27.5. The molecular formula is C25H21ClF5N5OS. The van der Waals surface area contributed by atoms with Gasteiger partial charge in [-0.1, -0.05) is 47.2 Å². The Hall–Kier alpha value is -3.51. The van der Waals surface area contributed by atoms with Crippen LogP contribution in [0.15, 0.2) is 60.9 Å². The maximum Gasteiger partial charge on any atom is 0.434 e. The molecule has 0 amide bonds. The second kappa shape index (κ2) is 9.99. The van der Waals surface area contributed by atoms with Crippen molar-refractivity contribution in [1.82, 2.24) is 24.5 Å². The van der Waals surface area contributed by atoms with E-state index >= 15 is 8.78 Å². The molecule has 0 bridgehead atoms. The smallest absolute Gasteiger partial charge is 0.301 e. The molecule has 0 N–H and O–H groups in total. The van der Waals surface area contributed by atoms with Crippen molar-refractivity contribution in [1.29, 1.82) is 0 Å². The average Bonchev–Trinajstić information content (AvgIpc) is 3.46. The lowest BCUT2D eigenvalue weighted by molar-refractivity contribution is -0.141. The van der Waals surface area contributed by atoms with E-state index in [0.29, 0.717) is 5.56 Å². The van der Waals surface area contributed by atoms with Crippen LogP contribution in [0.25, 0.3) is 17.5 Å². The number of hydrogen-bond acceptors (Lipinski definition) is 4. The Bertz CT molecular complexity index is 1620. The Morgan fingerprint density at radius 3 is 2.29 bits per heavy atom. The monoisotopic (exact) mass is 569 g/mol. The van der Waals surface area contributed by atoms with Crippen LogP contribution < -0.4 is 0 Å². The Morgan fingerprint density at radius 1 is 1.00 bits per heavy atom. The zero-order valence-corrected chi connectivity index (χ0v) is 21.8. The third kappa shape index (κ3) is 5.81. The zero-order valence-electron chi connectivity index (χ0n) is 20.2. The van der Waals surface area contributed by atoms with Crippen molar-refractivity contribution in [2.24, 2.45) is 0 Å². The third-order valence-electron chi connectivity index (χ3n) is 5.43. The lowest BCUT2D eigenvalue weighted by Crippen LogP contribution is -2.21. The third-order valence-corrected chi connectivity index (χ3v) is 6.50. The van der Waals surface area contributed by atoms with E-state index in [9.17, 15) is 17.4 Å². The summed E-state index contributed by atoms with van der Waals surface area (Å²) >= 11 is 5.85. The Labute approximate surface area is 220 Å². The predicted molar refractivity (Wildman–Crippen MR) is 138 cm³/mol. The summed E-state index contributed by atoms with van der Waals surface area (Å²) in [4.78, 5) is 3.59. The fourth-order valence-electron chi connectivity index (χ4n) is 3.64. The molecule has 0 saturated heterocycles. The molecule has 0 spiro atoms. The van der Waals surface area contributed by atoms with Crippen molar-refractivity contribution in [3.05, 3.63) is 94.3 Å². The largest absolute Gasteiger partial charge is 0.434 e. The molecule has 6 nitrogen and oxygen atoms in total. The van der Waals surface area contributed by atoms with Crippen LogP contribution in [0, 0.1) is 6.92 Å². The highest BCUT2D eigenvalue weighted by Gasteiger charge is 2.39. The van der Waals surface area contributed by atoms with Gasteiger partial charge in [0.15, 0.2) is 5.69 Å². The van der Waals surface area contributed by atoms with Gasteiger partial charge >= 0.3 is 12.1 Å². The number of alkyl halides is 5. The first-order valence-corrected chi connectivity index (χ1v) is 13.8. The van der Waals surface area contributed by atoms with Gasteiger partial charge in [-0.05, 0) is 51.6 Å². The van der Waals surface area contributed by atoms with E-state index in [1.165, 1.54) is 36.6 Å². The summed E-state index contributed by atoms with van der Waals surface area (Å²) in [5, 5.41) is 9.29. The maximum atomic E-state index is 15.6. The highest BCUT2D eigenvalue weighted by Crippen LogP contribution is 2.38. The summed E-state index contributed by atoms with van der Waals surface area (Å²) in [6, 6.07) is 9.48. The topological polar surface area (TPSA) is 65.6 Å². The lowest BCUT2D eigenvalue weighted by atomic mass is 10.1. The molecule has 2 aromatic heterocycles. The molecule has 2 aromatic carbocycles. The highest BCUT2D eigenvalue weighted by atomic mass is 35.5. The van der Waals surface area contributed by atoms with Crippen LogP contribution in [0.5, 0.6) is 0 Å². The van der Waals surface area contributed by atoms with Crippen LogP contribution in [0.1, 0.15) is 28.3 Å². The molecule has 0 fully saturated rings. The van der Waals surface area contributed by atoms with Crippen molar-refractivity contribution in [3.8, 4) is 11.4 Å². The van der Waals surface area contributed by atoms with Crippen LogP contribution >= 0.6 is 11.6 Å². The van der Waals surface area contributed by atoms with Gasteiger partial charge in [0.1, 0.15) is 11.5 Å². The van der Waals surface area contributed by atoms with E-state index in [-0.39, 0.29) is 27.8 Å². The summed E-state index contributed by atoms with van der Waals surface area (Å²) in [6.07, 6.45) is 3.21. The number of halogens is 6. The normalized spacial score (nSPS) is 12.9. The molecule has 0 atom stereocenters. The van der Waals surface area contributed by atoms with Crippen LogP contribution in [0.3, 0.4) is 0 Å². The molecule has 0 aliphatic heterocycles. The van der Waals surface area contributed by atoms with E-state index in [4.69, 9.17) is 11.6 Å². The highest BCUT2D eigenvalue weighted by molar-refractivity contribution is 8.00. The zero-order chi connectivity index (χ0) is 27.9. The van der Waals surface area contributed by atoms with Crippen LogP contribution in [-0.2, 0) is 21.6 Å². The Kier molecular flexibility index (Phi) is 7.23. The van der Waals surface area contributed by atoms with E-state index in [1.807, 2.05) is 0 Å². The SMILES string of the molecule is Cc1nc(C(F)(F)F)cn1-c1ccc(/C=C/C=S(C)(C)=O)cc1-n1nncc1C(F)(F)c1ccc(Cl)cc1. The number of allylic oxidation sites excluding steroid dienone is 1. The first-order chi connectivity index (χ1) is 17.7. The molecule has 2 heterocycles. The number of benzene rings is 2. The predicted octanol–water partition coefficient (Wildman–Crippen LogP) is 5.93. The maximum absolute atomic E-state index is 15.6. The van der Waals surface area contributed by atoms with E-state index in [1.54, 1.807) is 30.7 Å². The number of imidazole rings is 1. The van der Waals surface area contributed by atoms with Gasteiger partial charge in [0.05, 0.1) is 17.6 Å². The number of hydrogen-bond donors (Lipinski definition) is 0. The summed E-state index contributed by atoms with van der Waals surface area (Å²) < 4.78 is 85.4. The number of aryl methyl sites for hydroxylation is 1. The van der Waals surface area contributed by atoms with Crippen molar-refractivity contribution < 1.29 is 26.2 Å². The van der Waals surface area contributed by atoms with Crippen molar-refractivity contribution in [3.63, 3.8) is 0 Å². The van der Waals surface area contributed by atoms with Gasteiger partial charge in [0.2, 0.25) is 0 Å². The molecule has 38 heavy (non-hydrogen) atoms. The van der Waals surface area contributed by atoms with E-state index in [0.717, 1.165) is 33.8 Å². The van der Waals surface area contributed by atoms with E-state index < -0.39 is 33.0 Å². The molecule has 0 radical (unpaired) electrons. The summed E-state index contributed by atoms with van der Waals surface area (Å²) in [6.45, 7) is 1.37. The fraction of sp³-hybridized carbons (Fsp3) is 0.200. The molecule has 0 aliphatic carbocycles. The van der Waals surface area contributed by atoms with Gasteiger partial charge in [-0.25, -0.2) is 9.67 Å². The summed E-state index contributed by atoms with van der Waals surface area (Å²) in [5.74, 6) is -3.60. The van der Waals surface area contributed by atoms with Gasteiger partial charge in [0, 0.05) is 29.3 Å². The molecule has 0 aliphatic rings. The molecular weight excluding hydrogens is 549 g/mol. The van der Waals surface area contributed by atoms with Crippen molar-refractivity contribution in [2.45, 2.75) is 19.0 Å². The van der Waals surface area contributed by atoms with Crippen molar-refractivity contribution in [2.75, 3.05) is 12.5 Å². The fourth-order valence-corrected chi connectivity index (χ4v) is 4.23. The summed E-state index contributed by atoms with van der Waals surface area (Å²) in [5.41, 5.74) is -1.50. The van der Waals surface area contributed by atoms with Gasteiger partial charge in [0.25, 0.3) is 0 Å². The quantitative estimate of drug-likeness (QED) is 0.164. The van der Waals surface area contributed by atoms with Gasteiger partial charge < -0.3 is 4.57 Å². The molecule has 200 valence electrons.